The summed E-state index contributed by atoms with van der Waals surface area (Å²) in [4.78, 5) is 3.88. The standard InChI is InChI=1S/C12H10F2N2/c13-9-5-3-8(4-6-9)11(15)12-10(14)2-1-7-16-12/h1-7,11H,15H2. The minimum absolute atomic E-state index is 0.161. The molecule has 1 unspecified atom stereocenters. The van der Waals surface area contributed by atoms with Crippen molar-refractivity contribution in [2.75, 3.05) is 0 Å². The van der Waals surface area contributed by atoms with Crippen LogP contribution in [0.25, 0.3) is 0 Å². The zero-order valence-corrected chi connectivity index (χ0v) is 8.40. The van der Waals surface area contributed by atoms with Crippen molar-refractivity contribution in [2.45, 2.75) is 6.04 Å². The molecule has 0 aliphatic heterocycles. The number of aromatic nitrogens is 1. The minimum atomic E-state index is -0.679. The lowest BCUT2D eigenvalue weighted by Crippen LogP contribution is -2.15. The van der Waals surface area contributed by atoms with Crippen molar-refractivity contribution in [3.8, 4) is 0 Å². The van der Waals surface area contributed by atoms with E-state index in [1.807, 2.05) is 0 Å². The van der Waals surface area contributed by atoms with Crippen LogP contribution in [0.4, 0.5) is 8.78 Å². The summed E-state index contributed by atoms with van der Waals surface area (Å²) in [5, 5.41) is 0. The highest BCUT2D eigenvalue weighted by atomic mass is 19.1. The monoisotopic (exact) mass is 220 g/mol. The Bertz CT molecular complexity index is 483. The van der Waals surface area contributed by atoms with Gasteiger partial charge in [-0.05, 0) is 29.8 Å². The first-order valence-electron chi connectivity index (χ1n) is 4.80. The zero-order valence-electron chi connectivity index (χ0n) is 8.40. The molecule has 0 radical (unpaired) electrons. The van der Waals surface area contributed by atoms with E-state index in [9.17, 15) is 8.78 Å². The summed E-state index contributed by atoms with van der Waals surface area (Å²) < 4.78 is 26.1. The van der Waals surface area contributed by atoms with Gasteiger partial charge in [0.2, 0.25) is 0 Å². The Morgan fingerprint density at radius 2 is 1.75 bits per heavy atom. The van der Waals surface area contributed by atoms with Crippen molar-refractivity contribution in [2.24, 2.45) is 5.73 Å². The molecule has 82 valence electrons. The highest BCUT2D eigenvalue weighted by Crippen LogP contribution is 2.19. The molecule has 0 fully saturated rings. The van der Waals surface area contributed by atoms with Gasteiger partial charge >= 0.3 is 0 Å². The topological polar surface area (TPSA) is 38.9 Å². The van der Waals surface area contributed by atoms with E-state index in [-0.39, 0.29) is 11.5 Å². The van der Waals surface area contributed by atoms with E-state index >= 15 is 0 Å². The fraction of sp³-hybridized carbons (Fsp3) is 0.0833. The summed E-state index contributed by atoms with van der Waals surface area (Å²) in [6, 6.07) is 7.73. The number of rotatable bonds is 2. The second kappa shape index (κ2) is 4.37. The molecular weight excluding hydrogens is 210 g/mol. The number of halogens is 2. The van der Waals surface area contributed by atoms with Gasteiger partial charge in [-0.15, -0.1) is 0 Å². The van der Waals surface area contributed by atoms with E-state index in [0.29, 0.717) is 5.56 Å². The Hall–Kier alpha value is -1.81. The van der Waals surface area contributed by atoms with Gasteiger partial charge in [0, 0.05) is 6.20 Å². The summed E-state index contributed by atoms with van der Waals surface area (Å²) >= 11 is 0. The van der Waals surface area contributed by atoms with E-state index in [1.54, 1.807) is 0 Å². The maximum atomic E-state index is 13.4. The summed E-state index contributed by atoms with van der Waals surface area (Å²) in [6.07, 6.45) is 1.47. The summed E-state index contributed by atoms with van der Waals surface area (Å²) in [5.41, 5.74) is 6.63. The van der Waals surface area contributed by atoms with Crippen LogP contribution in [0.2, 0.25) is 0 Å². The van der Waals surface area contributed by atoms with Crippen molar-refractivity contribution < 1.29 is 8.78 Å². The van der Waals surface area contributed by atoms with E-state index in [4.69, 9.17) is 5.73 Å². The molecule has 1 aromatic heterocycles. The van der Waals surface area contributed by atoms with Gasteiger partial charge in [-0.2, -0.15) is 0 Å². The molecule has 2 nitrogen and oxygen atoms in total. The van der Waals surface area contributed by atoms with Crippen molar-refractivity contribution in [1.29, 1.82) is 0 Å². The van der Waals surface area contributed by atoms with Gasteiger partial charge in [-0.3, -0.25) is 4.98 Å². The second-order valence-electron chi connectivity index (χ2n) is 3.40. The number of hydrogen-bond acceptors (Lipinski definition) is 2. The smallest absolute Gasteiger partial charge is 0.146 e. The quantitative estimate of drug-likeness (QED) is 0.844. The largest absolute Gasteiger partial charge is 0.319 e. The third-order valence-corrected chi connectivity index (χ3v) is 2.31. The predicted octanol–water partition coefficient (Wildman–Crippen LogP) is 2.41. The average Bonchev–Trinajstić information content (AvgIpc) is 2.30. The highest BCUT2D eigenvalue weighted by Gasteiger charge is 2.14. The van der Waals surface area contributed by atoms with Gasteiger partial charge < -0.3 is 5.73 Å². The normalized spacial score (nSPS) is 12.4. The Balaban J connectivity index is 2.35. The van der Waals surface area contributed by atoms with Crippen molar-refractivity contribution >= 4 is 0 Å². The van der Waals surface area contributed by atoms with Crippen molar-refractivity contribution in [3.05, 3.63) is 65.5 Å². The van der Waals surface area contributed by atoms with Crippen LogP contribution in [0.1, 0.15) is 17.3 Å². The molecule has 0 amide bonds. The third-order valence-electron chi connectivity index (χ3n) is 2.31. The van der Waals surface area contributed by atoms with Crippen molar-refractivity contribution in [3.63, 3.8) is 0 Å². The molecule has 0 saturated heterocycles. The van der Waals surface area contributed by atoms with E-state index in [1.165, 1.54) is 42.6 Å². The van der Waals surface area contributed by atoms with Gasteiger partial charge in [-0.1, -0.05) is 12.1 Å². The van der Waals surface area contributed by atoms with Crippen LogP contribution in [0.3, 0.4) is 0 Å². The Morgan fingerprint density at radius 3 is 2.38 bits per heavy atom. The summed E-state index contributed by atoms with van der Waals surface area (Å²) in [5.74, 6) is -0.809. The van der Waals surface area contributed by atoms with Crippen molar-refractivity contribution in [1.82, 2.24) is 4.98 Å². The SMILES string of the molecule is NC(c1ccc(F)cc1)c1ncccc1F. The van der Waals surface area contributed by atoms with Crippen LogP contribution in [-0.4, -0.2) is 4.98 Å². The number of nitrogens with two attached hydrogens (primary N) is 1. The molecule has 0 spiro atoms. The zero-order chi connectivity index (χ0) is 11.5. The van der Waals surface area contributed by atoms with Crippen LogP contribution in [-0.2, 0) is 0 Å². The Kier molecular flexibility index (Phi) is 2.92. The third kappa shape index (κ3) is 2.06. The molecule has 4 heteroatoms. The molecule has 1 aromatic carbocycles. The van der Waals surface area contributed by atoms with Crippen LogP contribution in [0.15, 0.2) is 42.6 Å². The average molecular weight is 220 g/mol. The maximum absolute atomic E-state index is 13.4. The van der Waals surface area contributed by atoms with Crippen LogP contribution in [0.5, 0.6) is 0 Å². The first-order valence-corrected chi connectivity index (χ1v) is 4.80. The van der Waals surface area contributed by atoms with Crippen LogP contribution < -0.4 is 5.73 Å². The fourth-order valence-electron chi connectivity index (χ4n) is 1.45. The van der Waals surface area contributed by atoms with Gasteiger partial charge in [0.1, 0.15) is 11.6 Å². The fourth-order valence-corrected chi connectivity index (χ4v) is 1.45. The van der Waals surface area contributed by atoms with Gasteiger partial charge in [0.25, 0.3) is 0 Å². The molecule has 16 heavy (non-hydrogen) atoms. The molecular formula is C12H10F2N2. The minimum Gasteiger partial charge on any atom is -0.319 e. The lowest BCUT2D eigenvalue weighted by atomic mass is 10.0. The number of nitrogens with zero attached hydrogens (tertiary/aromatic N) is 1. The summed E-state index contributed by atoms with van der Waals surface area (Å²) in [7, 11) is 0. The second-order valence-corrected chi connectivity index (χ2v) is 3.40. The Labute approximate surface area is 91.7 Å². The molecule has 2 aromatic rings. The molecule has 0 saturated carbocycles. The highest BCUT2D eigenvalue weighted by molar-refractivity contribution is 5.28. The molecule has 2 N–H and O–H groups in total. The number of benzene rings is 1. The molecule has 0 bridgehead atoms. The predicted molar refractivity (Wildman–Crippen MR) is 56.6 cm³/mol. The lowest BCUT2D eigenvalue weighted by molar-refractivity contribution is 0.585. The number of hydrogen-bond donors (Lipinski definition) is 1. The van der Waals surface area contributed by atoms with Crippen LogP contribution in [0, 0.1) is 11.6 Å². The van der Waals surface area contributed by atoms with E-state index in [2.05, 4.69) is 4.98 Å². The molecule has 0 aliphatic rings. The van der Waals surface area contributed by atoms with Crippen LogP contribution >= 0.6 is 0 Å². The molecule has 2 rings (SSSR count). The maximum Gasteiger partial charge on any atom is 0.146 e. The first kappa shape index (κ1) is 10.7. The van der Waals surface area contributed by atoms with Gasteiger partial charge in [-0.25, -0.2) is 8.78 Å². The molecule has 1 atom stereocenters. The first-order chi connectivity index (χ1) is 7.68. The van der Waals surface area contributed by atoms with Gasteiger partial charge in [0.05, 0.1) is 11.7 Å². The van der Waals surface area contributed by atoms with Gasteiger partial charge in [0.15, 0.2) is 0 Å². The Morgan fingerprint density at radius 1 is 1.06 bits per heavy atom. The molecule has 0 aliphatic carbocycles. The lowest BCUT2D eigenvalue weighted by Gasteiger charge is -2.11. The molecule has 1 heterocycles. The van der Waals surface area contributed by atoms with E-state index < -0.39 is 11.9 Å². The summed E-state index contributed by atoms with van der Waals surface area (Å²) in [6.45, 7) is 0. The van der Waals surface area contributed by atoms with E-state index in [0.717, 1.165) is 0 Å². The number of pyridine rings is 1.